The smallest absolute Gasteiger partial charge is 0.191 e. The molecule has 0 aromatic carbocycles. The SMILES string of the molecule is CN=C(NCc1ccoc1)NC1CC1C1CCCCC1.I. The van der Waals surface area contributed by atoms with Crippen LogP contribution in [0.15, 0.2) is 28.0 Å². The third-order valence-electron chi connectivity index (χ3n) is 4.68. The zero-order chi connectivity index (χ0) is 13.8. The summed E-state index contributed by atoms with van der Waals surface area (Å²) in [6, 6.07) is 2.61. The lowest BCUT2D eigenvalue weighted by Crippen LogP contribution is -2.39. The van der Waals surface area contributed by atoms with Crippen molar-refractivity contribution in [1.82, 2.24) is 10.6 Å². The Morgan fingerprint density at radius 2 is 2.14 bits per heavy atom. The van der Waals surface area contributed by atoms with Gasteiger partial charge in [-0.25, -0.2) is 0 Å². The number of nitrogens with one attached hydrogen (secondary N) is 2. The van der Waals surface area contributed by atoms with E-state index in [9.17, 15) is 0 Å². The Hall–Kier alpha value is -0.720. The molecular formula is C16H26IN3O. The van der Waals surface area contributed by atoms with E-state index in [1.54, 1.807) is 12.5 Å². The summed E-state index contributed by atoms with van der Waals surface area (Å²) in [5.74, 6) is 2.74. The minimum atomic E-state index is 0. The predicted octanol–water partition coefficient (Wildman–Crippen LogP) is 3.53. The van der Waals surface area contributed by atoms with Crippen LogP contribution in [0.25, 0.3) is 0 Å². The zero-order valence-corrected chi connectivity index (χ0v) is 15.0. The van der Waals surface area contributed by atoms with Gasteiger partial charge in [-0.3, -0.25) is 4.99 Å². The quantitative estimate of drug-likeness (QED) is 0.460. The fraction of sp³-hybridized carbons (Fsp3) is 0.688. The van der Waals surface area contributed by atoms with Crippen LogP contribution in [0.3, 0.4) is 0 Å². The number of hydrogen-bond acceptors (Lipinski definition) is 2. The second kappa shape index (κ2) is 8.06. The summed E-state index contributed by atoms with van der Waals surface area (Å²) in [7, 11) is 1.84. The molecule has 1 aromatic heterocycles. The van der Waals surface area contributed by atoms with Crippen molar-refractivity contribution in [2.45, 2.75) is 51.1 Å². The van der Waals surface area contributed by atoms with Crippen molar-refractivity contribution in [1.29, 1.82) is 0 Å². The lowest BCUT2D eigenvalue weighted by Gasteiger charge is -2.22. The Bertz CT molecular complexity index is 440. The number of aliphatic imine (C=N–C) groups is 1. The van der Waals surface area contributed by atoms with Gasteiger partial charge in [0.15, 0.2) is 5.96 Å². The zero-order valence-electron chi connectivity index (χ0n) is 12.7. The molecular weight excluding hydrogens is 377 g/mol. The summed E-state index contributed by atoms with van der Waals surface area (Å²) in [6.45, 7) is 0.761. The van der Waals surface area contributed by atoms with Gasteiger partial charge >= 0.3 is 0 Å². The van der Waals surface area contributed by atoms with Crippen molar-refractivity contribution in [2.75, 3.05) is 7.05 Å². The molecule has 0 spiro atoms. The van der Waals surface area contributed by atoms with Crippen LogP contribution in [0.1, 0.15) is 44.1 Å². The van der Waals surface area contributed by atoms with E-state index < -0.39 is 0 Å². The molecule has 2 N–H and O–H groups in total. The molecule has 2 atom stereocenters. The van der Waals surface area contributed by atoms with Crippen molar-refractivity contribution in [3.8, 4) is 0 Å². The average Bonchev–Trinajstić information content (AvgIpc) is 3.06. The normalized spacial score (nSPS) is 26.0. The number of furan rings is 1. The molecule has 2 aliphatic rings. The first-order valence-corrected chi connectivity index (χ1v) is 7.85. The molecule has 4 nitrogen and oxygen atoms in total. The number of halogens is 1. The highest BCUT2D eigenvalue weighted by atomic mass is 127. The van der Waals surface area contributed by atoms with E-state index in [1.165, 1.54) is 38.5 Å². The molecule has 5 heteroatoms. The van der Waals surface area contributed by atoms with E-state index in [2.05, 4.69) is 15.6 Å². The van der Waals surface area contributed by atoms with Gasteiger partial charge in [-0.05, 0) is 24.3 Å². The molecule has 1 heterocycles. The van der Waals surface area contributed by atoms with Crippen molar-refractivity contribution in [2.24, 2.45) is 16.8 Å². The average molecular weight is 403 g/mol. The molecule has 2 fully saturated rings. The Balaban J connectivity index is 0.00000161. The lowest BCUT2D eigenvalue weighted by molar-refractivity contribution is 0.315. The van der Waals surface area contributed by atoms with Gasteiger partial charge in [0.1, 0.15) is 0 Å². The van der Waals surface area contributed by atoms with Crippen molar-refractivity contribution in [3.63, 3.8) is 0 Å². The minimum Gasteiger partial charge on any atom is -0.472 e. The molecule has 21 heavy (non-hydrogen) atoms. The van der Waals surface area contributed by atoms with Gasteiger partial charge in [0.05, 0.1) is 12.5 Å². The molecule has 2 saturated carbocycles. The van der Waals surface area contributed by atoms with Crippen LogP contribution in [0.5, 0.6) is 0 Å². The van der Waals surface area contributed by atoms with E-state index in [-0.39, 0.29) is 24.0 Å². The molecule has 0 bridgehead atoms. The molecule has 1 aromatic rings. The van der Waals surface area contributed by atoms with E-state index >= 15 is 0 Å². The number of guanidine groups is 1. The Kier molecular flexibility index (Phi) is 6.39. The first-order chi connectivity index (χ1) is 9.86. The highest BCUT2D eigenvalue weighted by Crippen LogP contribution is 2.44. The molecule has 0 aliphatic heterocycles. The number of hydrogen-bond donors (Lipinski definition) is 2. The third-order valence-corrected chi connectivity index (χ3v) is 4.68. The van der Waals surface area contributed by atoms with Crippen molar-refractivity contribution in [3.05, 3.63) is 24.2 Å². The molecule has 2 aliphatic carbocycles. The number of rotatable bonds is 4. The Labute approximate surface area is 144 Å². The summed E-state index contributed by atoms with van der Waals surface area (Å²) in [5.41, 5.74) is 1.15. The van der Waals surface area contributed by atoms with Gasteiger partial charge in [0.2, 0.25) is 0 Å². The van der Waals surface area contributed by atoms with Gasteiger partial charge in [0, 0.05) is 25.2 Å². The summed E-state index contributed by atoms with van der Waals surface area (Å²) < 4.78 is 5.07. The van der Waals surface area contributed by atoms with E-state index in [0.717, 1.165) is 29.9 Å². The van der Waals surface area contributed by atoms with E-state index in [4.69, 9.17) is 4.42 Å². The maximum atomic E-state index is 5.07. The largest absolute Gasteiger partial charge is 0.472 e. The summed E-state index contributed by atoms with van der Waals surface area (Å²) in [6.07, 6.45) is 12.0. The van der Waals surface area contributed by atoms with Crippen LogP contribution >= 0.6 is 24.0 Å². The monoisotopic (exact) mass is 403 g/mol. The van der Waals surface area contributed by atoms with Gasteiger partial charge in [0.25, 0.3) is 0 Å². The van der Waals surface area contributed by atoms with Crippen LogP contribution in [0.2, 0.25) is 0 Å². The fourth-order valence-electron chi connectivity index (χ4n) is 3.41. The molecule has 0 radical (unpaired) electrons. The van der Waals surface area contributed by atoms with Crippen molar-refractivity contribution < 1.29 is 4.42 Å². The molecule has 0 saturated heterocycles. The first kappa shape index (κ1) is 16.6. The maximum Gasteiger partial charge on any atom is 0.191 e. The molecule has 0 amide bonds. The predicted molar refractivity (Wildman–Crippen MR) is 95.9 cm³/mol. The Morgan fingerprint density at radius 3 is 2.81 bits per heavy atom. The summed E-state index contributed by atoms with van der Waals surface area (Å²) >= 11 is 0. The van der Waals surface area contributed by atoms with Crippen LogP contribution in [0.4, 0.5) is 0 Å². The second-order valence-corrected chi connectivity index (χ2v) is 6.11. The third kappa shape index (κ3) is 4.63. The topological polar surface area (TPSA) is 49.6 Å². The molecule has 3 rings (SSSR count). The highest BCUT2D eigenvalue weighted by Gasteiger charge is 2.43. The van der Waals surface area contributed by atoms with E-state index in [0.29, 0.717) is 6.04 Å². The minimum absolute atomic E-state index is 0. The maximum absolute atomic E-state index is 5.07. The van der Waals surface area contributed by atoms with E-state index in [1.807, 2.05) is 13.1 Å². The summed E-state index contributed by atoms with van der Waals surface area (Å²) in [5, 5.41) is 6.90. The lowest BCUT2D eigenvalue weighted by atomic mass is 9.85. The van der Waals surface area contributed by atoms with Crippen LogP contribution in [0, 0.1) is 11.8 Å². The highest BCUT2D eigenvalue weighted by molar-refractivity contribution is 14.0. The molecule has 118 valence electrons. The van der Waals surface area contributed by atoms with Gasteiger partial charge < -0.3 is 15.1 Å². The Morgan fingerprint density at radius 1 is 1.33 bits per heavy atom. The van der Waals surface area contributed by atoms with Gasteiger partial charge in [-0.2, -0.15) is 0 Å². The van der Waals surface area contributed by atoms with Gasteiger partial charge in [-0.15, -0.1) is 24.0 Å². The second-order valence-electron chi connectivity index (χ2n) is 6.11. The first-order valence-electron chi connectivity index (χ1n) is 7.85. The van der Waals surface area contributed by atoms with Crippen LogP contribution in [-0.4, -0.2) is 19.0 Å². The van der Waals surface area contributed by atoms with Crippen LogP contribution < -0.4 is 10.6 Å². The fourth-order valence-corrected chi connectivity index (χ4v) is 3.41. The summed E-state index contributed by atoms with van der Waals surface area (Å²) in [4.78, 5) is 4.31. The van der Waals surface area contributed by atoms with Crippen LogP contribution in [-0.2, 0) is 6.54 Å². The van der Waals surface area contributed by atoms with Gasteiger partial charge in [-0.1, -0.05) is 32.1 Å². The van der Waals surface area contributed by atoms with Crippen molar-refractivity contribution >= 4 is 29.9 Å². The number of nitrogens with zero attached hydrogens (tertiary/aromatic N) is 1. The molecule has 2 unspecified atom stereocenters. The standard InChI is InChI=1S/C16H25N3O.HI/c1-17-16(18-10-12-7-8-20-11-12)19-15-9-14(15)13-5-3-2-4-6-13;/h7-8,11,13-15H,2-6,9-10H2,1H3,(H2,17,18,19);1H.